The second-order valence-corrected chi connectivity index (χ2v) is 4.50. The predicted octanol–water partition coefficient (Wildman–Crippen LogP) is 3.30. The molecule has 0 aliphatic rings. The maximum absolute atomic E-state index is 11.8. The minimum Gasteiger partial charge on any atom is -0.326 e. The van der Waals surface area contributed by atoms with E-state index >= 15 is 0 Å². The predicted molar refractivity (Wildman–Crippen MR) is 84.9 cm³/mol. The maximum atomic E-state index is 11.8. The normalized spacial score (nSPS) is 10.3. The van der Waals surface area contributed by atoms with Gasteiger partial charge in [0.2, 0.25) is 11.8 Å². The first-order valence-corrected chi connectivity index (χ1v) is 6.55. The molecule has 2 amide bonds. The Labute approximate surface area is 123 Å². The number of benzene rings is 2. The number of carbonyl (C=O) groups is 2. The van der Waals surface area contributed by atoms with Crippen molar-refractivity contribution in [3.05, 3.63) is 66.2 Å². The SMILES string of the molecule is CC(=O)Nc1cccc(NC(=O)/C=C\c2ccccc2)c1. The standard InChI is InChI=1S/C17H16N2O2/c1-13(20)18-15-8-5-9-16(12-15)19-17(21)11-10-14-6-3-2-4-7-14/h2-12H,1H3,(H,18,20)(H,19,21)/b11-10-. The molecular weight excluding hydrogens is 264 g/mol. The average molecular weight is 280 g/mol. The number of rotatable bonds is 4. The van der Waals surface area contributed by atoms with Crippen molar-refractivity contribution in [3.8, 4) is 0 Å². The number of anilines is 2. The van der Waals surface area contributed by atoms with Gasteiger partial charge in [0.05, 0.1) is 0 Å². The summed E-state index contributed by atoms with van der Waals surface area (Å²) in [5.74, 6) is -0.374. The lowest BCUT2D eigenvalue weighted by Gasteiger charge is -2.06. The zero-order chi connectivity index (χ0) is 15.1. The van der Waals surface area contributed by atoms with Crippen LogP contribution in [0, 0.1) is 0 Å². The molecule has 0 saturated heterocycles. The lowest BCUT2D eigenvalue weighted by atomic mass is 10.2. The molecule has 0 aliphatic heterocycles. The van der Waals surface area contributed by atoms with E-state index < -0.39 is 0 Å². The van der Waals surface area contributed by atoms with Crippen molar-refractivity contribution in [2.75, 3.05) is 10.6 Å². The van der Waals surface area contributed by atoms with Gasteiger partial charge in [0.15, 0.2) is 0 Å². The molecule has 2 N–H and O–H groups in total. The van der Waals surface area contributed by atoms with Crippen molar-refractivity contribution in [1.29, 1.82) is 0 Å². The zero-order valence-corrected chi connectivity index (χ0v) is 11.7. The second-order valence-electron chi connectivity index (χ2n) is 4.50. The Morgan fingerprint density at radius 3 is 2.24 bits per heavy atom. The van der Waals surface area contributed by atoms with Crippen LogP contribution >= 0.6 is 0 Å². The second kappa shape index (κ2) is 7.05. The summed E-state index contributed by atoms with van der Waals surface area (Å²) < 4.78 is 0. The summed E-state index contributed by atoms with van der Waals surface area (Å²) in [5, 5.41) is 5.42. The van der Waals surface area contributed by atoms with Crippen LogP contribution in [0.25, 0.3) is 6.08 Å². The van der Waals surface area contributed by atoms with Gasteiger partial charge in [-0.1, -0.05) is 36.4 Å². The fourth-order valence-corrected chi connectivity index (χ4v) is 1.80. The number of hydrogen-bond acceptors (Lipinski definition) is 2. The summed E-state index contributed by atoms with van der Waals surface area (Å²) in [6, 6.07) is 16.6. The molecule has 0 bridgehead atoms. The van der Waals surface area contributed by atoms with Gasteiger partial charge in [-0.15, -0.1) is 0 Å². The molecule has 0 heterocycles. The number of hydrogen-bond donors (Lipinski definition) is 2. The summed E-state index contributed by atoms with van der Waals surface area (Å²) in [6.45, 7) is 1.44. The summed E-state index contributed by atoms with van der Waals surface area (Å²) in [4.78, 5) is 22.8. The molecule has 2 rings (SSSR count). The molecule has 21 heavy (non-hydrogen) atoms. The molecule has 2 aromatic rings. The molecule has 0 radical (unpaired) electrons. The van der Waals surface area contributed by atoms with Crippen molar-refractivity contribution >= 4 is 29.3 Å². The van der Waals surface area contributed by atoms with Gasteiger partial charge in [-0.05, 0) is 29.8 Å². The van der Waals surface area contributed by atoms with E-state index in [-0.39, 0.29) is 11.8 Å². The Hall–Kier alpha value is -2.88. The molecule has 4 heteroatoms. The van der Waals surface area contributed by atoms with Crippen LogP contribution in [0.1, 0.15) is 12.5 Å². The highest BCUT2D eigenvalue weighted by Gasteiger charge is 2.00. The van der Waals surface area contributed by atoms with E-state index in [1.807, 2.05) is 30.3 Å². The highest BCUT2D eigenvalue weighted by Crippen LogP contribution is 2.15. The van der Waals surface area contributed by atoms with Crippen molar-refractivity contribution < 1.29 is 9.59 Å². The first kappa shape index (κ1) is 14.5. The highest BCUT2D eigenvalue weighted by molar-refractivity contribution is 6.02. The van der Waals surface area contributed by atoms with Gasteiger partial charge >= 0.3 is 0 Å². The van der Waals surface area contributed by atoms with E-state index in [2.05, 4.69) is 10.6 Å². The fraction of sp³-hybridized carbons (Fsp3) is 0.0588. The smallest absolute Gasteiger partial charge is 0.248 e. The van der Waals surface area contributed by atoms with Gasteiger partial charge in [-0.2, -0.15) is 0 Å². The molecule has 0 unspecified atom stereocenters. The number of amides is 2. The lowest BCUT2D eigenvalue weighted by Crippen LogP contribution is -2.09. The van der Waals surface area contributed by atoms with Crippen LogP contribution in [0.3, 0.4) is 0 Å². The lowest BCUT2D eigenvalue weighted by molar-refractivity contribution is -0.114. The quantitative estimate of drug-likeness (QED) is 0.844. The molecule has 0 saturated carbocycles. The Balaban J connectivity index is 1.99. The van der Waals surface area contributed by atoms with Crippen LogP contribution in [0.15, 0.2) is 60.7 Å². The van der Waals surface area contributed by atoms with Gasteiger partial charge in [0.1, 0.15) is 0 Å². The third-order valence-electron chi connectivity index (χ3n) is 2.68. The molecule has 4 nitrogen and oxygen atoms in total. The summed E-state index contributed by atoms with van der Waals surface area (Å²) >= 11 is 0. The minimum absolute atomic E-state index is 0.151. The van der Waals surface area contributed by atoms with Crippen LogP contribution in [-0.4, -0.2) is 11.8 Å². The van der Waals surface area contributed by atoms with Crippen LogP contribution < -0.4 is 10.6 Å². The first-order chi connectivity index (χ1) is 10.1. The molecule has 0 atom stereocenters. The molecule has 106 valence electrons. The Bertz CT molecular complexity index is 664. The van der Waals surface area contributed by atoms with Crippen LogP contribution in [0.4, 0.5) is 11.4 Å². The molecular formula is C17H16N2O2. The van der Waals surface area contributed by atoms with E-state index in [9.17, 15) is 9.59 Å². The molecule has 0 fully saturated rings. The fourth-order valence-electron chi connectivity index (χ4n) is 1.80. The topological polar surface area (TPSA) is 58.2 Å². The van der Waals surface area contributed by atoms with Crippen LogP contribution in [0.5, 0.6) is 0 Å². The van der Waals surface area contributed by atoms with Crippen molar-refractivity contribution in [1.82, 2.24) is 0 Å². The van der Waals surface area contributed by atoms with Gasteiger partial charge in [-0.25, -0.2) is 0 Å². The third-order valence-corrected chi connectivity index (χ3v) is 2.68. The molecule has 2 aromatic carbocycles. The highest BCUT2D eigenvalue weighted by atomic mass is 16.2. The van der Waals surface area contributed by atoms with Crippen molar-refractivity contribution in [3.63, 3.8) is 0 Å². The van der Waals surface area contributed by atoms with Crippen molar-refractivity contribution in [2.24, 2.45) is 0 Å². The zero-order valence-electron chi connectivity index (χ0n) is 11.7. The summed E-state index contributed by atoms with van der Waals surface area (Å²) in [6.07, 6.45) is 3.22. The molecule has 0 aromatic heterocycles. The Morgan fingerprint density at radius 2 is 1.57 bits per heavy atom. The minimum atomic E-state index is -0.223. The molecule has 0 aliphatic carbocycles. The van der Waals surface area contributed by atoms with E-state index in [4.69, 9.17) is 0 Å². The van der Waals surface area contributed by atoms with E-state index in [1.165, 1.54) is 13.0 Å². The van der Waals surface area contributed by atoms with Crippen molar-refractivity contribution in [2.45, 2.75) is 6.92 Å². The Kier molecular flexibility index (Phi) is 4.88. The Morgan fingerprint density at radius 1 is 0.905 bits per heavy atom. The van der Waals surface area contributed by atoms with E-state index in [0.717, 1.165) is 5.56 Å². The summed E-state index contributed by atoms with van der Waals surface area (Å²) in [7, 11) is 0. The van der Waals surface area contributed by atoms with Gasteiger partial charge in [0, 0.05) is 24.4 Å². The number of carbonyl (C=O) groups excluding carboxylic acids is 2. The third kappa shape index (κ3) is 4.95. The van der Waals surface area contributed by atoms with Gasteiger partial charge < -0.3 is 10.6 Å². The monoisotopic (exact) mass is 280 g/mol. The first-order valence-electron chi connectivity index (χ1n) is 6.55. The van der Waals surface area contributed by atoms with Crippen LogP contribution in [0.2, 0.25) is 0 Å². The largest absolute Gasteiger partial charge is 0.326 e. The van der Waals surface area contributed by atoms with E-state index in [1.54, 1.807) is 30.3 Å². The maximum Gasteiger partial charge on any atom is 0.248 e. The average Bonchev–Trinajstić information content (AvgIpc) is 2.46. The number of nitrogens with one attached hydrogen (secondary N) is 2. The summed E-state index contributed by atoms with van der Waals surface area (Å²) in [5.41, 5.74) is 2.23. The van der Waals surface area contributed by atoms with Gasteiger partial charge in [0.25, 0.3) is 0 Å². The van der Waals surface area contributed by atoms with Crippen LogP contribution in [-0.2, 0) is 9.59 Å². The van der Waals surface area contributed by atoms with E-state index in [0.29, 0.717) is 11.4 Å². The van der Waals surface area contributed by atoms with Gasteiger partial charge in [-0.3, -0.25) is 9.59 Å². The molecule has 0 spiro atoms.